The topological polar surface area (TPSA) is 58.4 Å². The highest BCUT2D eigenvalue weighted by Gasteiger charge is 2.20. The molecule has 1 rings (SSSR count). The quantitative estimate of drug-likeness (QED) is 0.698. The standard InChI is InChI=1S/C13H27N3O/c1-12-7-6-10-16(11-12)13(17)15-9-5-3-2-4-8-14/h12H,2-11,14H2,1H3,(H,15,17). The molecule has 4 heteroatoms. The molecule has 100 valence electrons. The van der Waals surface area contributed by atoms with Crippen LogP contribution < -0.4 is 11.1 Å². The third kappa shape index (κ3) is 5.91. The van der Waals surface area contributed by atoms with Crippen molar-refractivity contribution in [3.63, 3.8) is 0 Å². The zero-order valence-electron chi connectivity index (χ0n) is 11.1. The predicted molar refractivity (Wildman–Crippen MR) is 70.9 cm³/mol. The van der Waals surface area contributed by atoms with Gasteiger partial charge in [0.1, 0.15) is 0 Å². The van der Waals surface area contributed by atoms with E-state index in [1.54, 1.807) is 0 Å². The van der Waals surface area contributed by atoms with Gasteiger partial charge >= 0.3 is 6.03 Å². The number of nitrogens with one attached hydrogen (secondary N) is 1. The molecule has 1 saturated heterocycles. The molecule has 0 aliphatic carbocycles. The van der Waals surface area contributed by atoms with Crippen molar-refractivity contribution in [2.75, 3.05) is 26.2 Å². The minimum absolute atomic E-state index is 0.121. The Morgan fingerprint density at radius 2 is 2.12 bits per heavy atom. The van der Waals surface area contributed by atoms with Crippen molar-refractivity contribution in [1.82, 2.24) is 10.2 Å². The van der Waals surface area contributed by atoms with Crippen molar-refractivity contribution < 1.29 is 4.79 Å². The lowest BCUT2D eigenvalue weighted by atomic mass is 10.0. The van der Waals surface area contributed by atoms with E-state index in [1.165, 1.54) is 12.8 Å². The van der Waals surface area contributed by atoms with Gasteiger partial charge in [0.15, 0.2) is 0 Å². The molecule has 2 amide bonds. The highest BCUT2D eigenvalue weighted by atomic mass is 16.2. The van der Waals surface area contributed by atoms with Crippen molar-refractivity contribution in [2.45, 2.75) is 45.4 Å². The number of urea groups is 1. The summed E-state index contributed by atoms with van der Waals surface area (Å²) in [4.78, 5) is 13.8. The SMILES string of the molecule is CC1CCCN(C(=O)NCCCCCCN)C1. The highest BCUT2D eigenvalue weighted by Crippen LogP contribution is 2.15. The Hall–Kier alpha value is -0.770. The van der Waals surface area contributed by atoms with Crippen LogP contribution in [0.25, 0.3) is 0 Å². The van der Waals surface area contributed by atoms with Crippen LogP contribution in [0.5, 0.6) is 0 Å². The number of carbonyl (C=O) groups excluding carboxylic acids is 1. The Labute approximate surface area is 105 Å². The van der Waals surface area contributed by atoms with Crippen LogP contribution >= 0.6 is 0 Å². The maximum Gasteiger partial charge on any atom is 0.317 e. The molecule has 1 atom stereocenters. The Morgan fingerprint density at radius 1 is 1.35 bits per heavy atom. The van der Waals surface area contributed by atoms with Gasteiger partial charge in [0.2, 0.25) is 0 Å². The number of hydrogen-bond acceptors (Lipinski definition) is 2. The highest BCUT2D eigenvalue weighted by molar-refractivity contribution is 5.74. The largest absolute Gasteiger partial charge is 0.338 e. The molecular formula is C13H27N3O. The maximum absolute atomic E-state index is 11.8. The molecule has 17 heavy (non-hydrogen) atoms. The van der Waals surface area contributed by atoms with E-state index in [2.05, 4.69) is 12.2 Å². The number of piperidine rings is 1. The molecule has 0 radical (unpaired) electrons. The molecule has 0 aromatic rings. The third-order valence-electron chi connectivity index (χ3n) is 3.35. The van der Waals surface area contributed by atoms with Crippen molar-refractivity contribution in [2.24, 2.45) is 11.7 Å². The van der Waals surface area contributed by atoms with Crippen LogP contribution in [0.3, 0.4) is 0 Å². The van der Waals surface area contributed by atoms with Crippen LogP contribution in [0, 0.1) is 5.92 Å². The number of likely N-dealkylation sites (tertiary alicyclic amines) is 1. The van der Waals surface area contributed by atoms with Crippen molar-refractivity contribution in [3.8, 4) is 0 Å². The average Bonchev–Trinajstić information content (AvgIpc) is 2.33. The van der Waals surface area contributed by atoms with Crippen LogP contribution in [0.15, 0.2) is 0 Å². The number of nitrogens with zero attached hydrogens (tertiary/aromatic N) is 1. The molecule has 1 aliphatic rings. The Balaban J connectivity index is 2.04. The van der Waals surface area contributed by atoms with Gasteiger partial charge in [-0.15, -0.1) is 0 Å². The molecule has 0 bridgehead atoms. The van der Waals surface area contributed by atoms with E-state index < -0.39 is 0 Å². The molecular weight excluding hydrogens is 214 g/mol. The summed E-state index contributed by atoms with van der Waals surface area (Å²) in [6.45, 7) is 5.63. The van der Waals surface area contributed by atoms with E-state index in [0.717, 1.165) is 51.9 Å². The molecule has 1 unspecified atom stereocenters. The van der Waals surface area contributed by atoms with Gasteiger partial charge in [0, 0.05) is 19.6 Å². The van der Waals surface area contributed by atoms with E-state index in [4.69, 9.17) is 5.73 Å². The lowest BCUT2D eigenvalue weighted by molar-refractivity contribution is 0.169. The summed E-state index contributed by atoms with van der Waals surface area (Å²) in [7, 11) is 0. The fourth-order valence-corrected chi connectivity index (χ4v) is 2.30. The molecule has 0 aromatic carbocycles. The number of nitrogens with two attached hydrogens (primary N) is 1. The first-order valence-corrected chi connectivity index (χ1v) is 6.97. The zero-order valence-corrected chi connectivity index (χ0v) is 11.1. The van der Waals surface area contributed by atoms with Crippen LogP contribution in [0.2, 0.25) is 0 Å². The van der Waals surface area contributed by atoms with Crippen molar-refractivity contribution >= 4 is 6.03 Å². The van der Waals surface area contributed by atoms with Crippen LogP contribution in [0.4, 0.5) is 4.79 Å². The summed E-state index contributed by atoms with van der Waals surface area (Å²) in [5.41, 5.74) is 5.43. The minimum atomic E-state index is 0.121. The molecule has 1 aliphatic heterocycles. The monoisotopic (exact) mass is 241 g/mol. The van der Waals surface area contributed by atoms with Gasteiger partial charge < -0.3 is 16.0 Å². The normalized spacial score (nSPS) is 20.4. The van der Waals surface area contributed by atoms with E-state index in [1.807, 2.05) is 4.90 Å². The molecule has 4 nitrogen and oxygen atoms in total. The number of carbonyl (C=O) groups is 1. The fraction of sp³-hybridized carbons (Fsp3) is 0.923. The van der Waals surface area contributed by atoms with Gasteiger partial charge in [0.05, 0.1) is 0 Å². The fourth-order valence-electron chi connectivity index (χ4n) is 2.30. The molecule has 0 saturated carbocycles. The second kappa shape index (κ2) is 8.34. The molecule has 1 fully saturated rings. The maximum atomic E-state index is 11.8. The first kappa shape index (κ1) is 14.3. The first-order valence-electron chi connectivity index (χ1n) is 6.97. The summed E-state index contributed by atoms with van der Waals surface area (Å²) in [5.74, 6) is 0.652. The second-order valence-electron chi connectivity index (χ2n) is 5.13. The molecule has 0 spiro atoms. The summed E-state index contributed by atoms with van der Waals surface area (Å²) < 4.78 is 0. The Bertz CT molecular complexity index is 221. The van der Waals surface area contributed by atoms with Gasteiger partial charge in [0.25, 0.3) is 0 Å². The van der Waals surface area contributed by atoms with Crippen LogP contribution in [0.1, 0.15) is 45.4 Å². The summed E-state index contributed by atoms with van der Waals surface area (Å²) in [5, 5.41) is 3.01. The summed E-state index contributed by atoms with van der Waals surface area (Å²) in [6.07, 6.45) is 6.89. The number of hydrogen-bond donors (Lipinski definition) is 2. The van der Waals surface area contributed by atoms with E-state index in [0.29, 0.717) is 5.92 Å². The average molecular weight is 241 g/mol. The van der Waals surface area contributed by atoms with Gasteiger partial charge in [-0.3, -0.25) is 0 Å². The summed E-state index contributed by atoms with van der Waals surface area (Å²) >= 11 is 0. The predicted octanol–water partition coefficient (Wildman–Crippen LogP) is 1.95. The summed E-state index contributed by atoms with van der Waals surface area (Å²) in [6, 6.07) is 0.121. The molecule has 0 aromatic heterocycles. The third-order valence-corrected chi connectivity index (χ3v) is 3.35. The number of unbranched alkanes of at least 4 members (excludes halogenated alkanes) is 3. The Kier molecular flexibility index (Phi) is 7.01. The van der Waals surface area contributed by atoms with Gasteiger partial charge in [-0.25, -0.2) is 4.79 Å². The second-order valence-corrected chi connectivity index (χ2v) is 5.13. The van der Waals surface area contributed by atoms with Crippen molar-refractivity contribution in [3.05, 3.63) is 0 Å². The zero-order chi connectivity index (χ0) is 12.5. The lowest BCUT2D eigenvalue weighted by Crippen LogP contribution is -2.45. The van der Waals surface area contributed by atoms with Crippen LogP contribution in [-0.2, 0) is 0 Å². The number of amides is 2. The van der Waals surface area contributed by atoms with Crippen molar-refractivity contribution in [1.29, 1.82) is 0 Å². The van der Waals surface area contributed by atoms with E-state index in [9.17, 15) is 4.79 Å². The van der Waals surface area contributed by atoms with Crippen LogP contribution in [-0.4, -0.2) is 37.1 Å². The Morgan fingerprint density at radius 3 is 2.82 bits per heavy atom. The van der Waals surface area contributed by atoms with Gasteiger partial charge in [-0.1, -0.05) is 19.8 Å². The molecule has 3 N–H and O–H groups in total. The van der Waals surface area contributed by atoms with Gasteiger partial charge in [-0.05, 0) is 38.1 Å². The van der Waals surface area contributed by atoms with E-state index in [-0.39, 0.29) is 6.03 Å². The first-order chi connectivity index (χ1) is 8.24. The lowest BCUT2D eigenvalue weighted by Gasteiger charge is -2.30. The van der Waals surface area contributed by atoms with Gasteiger partial charge in [-0.2, -0.15) is 0 Å². The molecule has 1 heterocycles. The smallest absolute Gasteiger partial charge is 0.317 e. The number of rotatable bonds is 6. The minimum Gasteiger partial charge on any atom is -0.338 e. The van der Waals surface area contributed by atoms with E-state index >= 15 is 0 Å².